The number of aryl methyl sites for hydroxylation is 1. The summed E-state index contributed by atoms with van der Waals surface area (Å²) in [7, 11) is 0. The van der Waals surface area contributed by atoms with E-state index in [4.69, 9.17) is 5.84 Å². The molecule has 0 fully saturated rings. The Morgan fingerprint density at radius 1 is 1.32 bits per heavy atom. The summed E-state index contributed by atoms with van der Waals surface area (Å²) in [5.74, 6) is 5.30. The van der Waals surface area contributed by atoms with Gasteiger partial charge in [-0.2, -0.15) is 0 Å². The van der Waals surface area contributed by atoms with Crippen LogP contribution in [0.15, 0.2) is 18.2 Å². The third kappa shape index (κ3) is 4.54. The molecule has 0 aliphatic carbocycles. The number of rotatable bonds is 7. The van der Waals surface area contributed by atoms with Crippen LogP contribution in [0.3, 0.4) is 0 Å². The monoisotopic (exact) mass is 264 g/mol. The summed E-state index contributed by atoms with van der Waals surface area (Å²) in [6.45, 7) is 9.68. The Morgan fingerprint density at radius 2 is 2.00 bits per heavy atom. The van der Waals surface area contributed by atoms with Gasteiger partial charge in [0.2, 0.25) is 0 Å². The van der Waals surface area contributed by atoms with Crippen molar-refractivity contribution in [3.8, 4) is 0 Å². The number of hydrogen-bond acceptors (Lipinski definition) is 4. The van der Waals surface area contributed by atoms with Gasteiger partial charge in [-0.3, -0.25) is 10.6 Å². The minimum Gasteiger partial charge on any atom is -0.351 e. The fourth-order valence-electron chi connectivity index (χ4n) is 1.97. The molecular weight excluding hydrogens is 240 g/mol. The molecule has 0 aliphatic heterocycles. The molecule has 4 N–H and O–H groups in total. The molecule has 0 atom stereocenters. The van der Waals surface area contributed by atoms with E-state index in [9.17, 15) is 4.79 Å². The number of carbonyl (C=O) groups excluding carboxylic acids is 1. The van der Waals surface area contributed by atoms with E-state index in [1.54, 1.807) is 12.1 Å². The Bertz CT molecular complexity index is 416. The quantitative estimate of drug-likeness (QED) is 0.513. The first-order valence-corrected chi connectivity index (χ1v) is 6.70. The zero-order valence-corrected chi connectivity index (χ0v) is 12.0. The molecule has 19 heavy (non-hydrogen) atoms. The molecule has 0 aromatic heterocycles. The van der Waals surface area contributed by atoms with Crippen LogP contribution in [0, 0.1) is 6.92 Å². The molecule has 0 radical (unpaired) electrons. The van der Waals surface area contributed by atoms with Gasteiger partial charge >= 0.3 is 0 Å². The van der Waals surface area contributed by atoms with Crippen molar-refractivity contribution >= 4 is 11.6 Å². The number of hydrogen-bond donors (Lipinski definition) is 3. The van der Waals surface area contributed by atoms with E-state index in [0.29, 0.717) is 12.1 Å². The van der Waals surface area contributed by atoms with E-state index in [0.717, 1.165) is 30.9 Å². The summed E-state index contributed by atoms with van der Waals surface area (Å²) in [4.78, 5) is 14.3. The summed E-state index contributed by atoms with van der Waals surface area (Å²) in [5, 5.41) is 2.94. The van der Waals surface area contributed by atoms with Gasteiger partial charge in [0.15, 0.2) is 0 Å². The summed E-state index contributed by atoms with van der Waals surface area (Å²) in [6, 6.07) is 5.45. The maximum absolute atomic E-state index is 12.0. The molecule has 0 spiro atoms. The predicted molar refractivity (Wildman–Crippen MR) is 79.1 cm³/mol. The van der Waals surface area contributed by atoms with Gasteiger partial charge in [-0.1, -0.05) is 13.8 Å². The first kappa shape index (κ1) is 15.5. The van der Waals surface area contributed by atoms with Gasteiger partial charge < -0.3 is 15.6 Å². The van der Waals surface area contributed by atoms with Crippen molar-refractivity contribution in [1.29, 1.82) is 0 Å². The minimum atomic E-state index is -0.0340. The lowest BCUT2D eigenvalue weighted by Gasteiger charge is -2.18. The highest BCUT2D eigenvalue weighted by Crippen LogP contribution is 2.13. The van der Waals surface area contributed by atoms with E-state index >= 15 is 0 Å². The minimum absolute atomic E-state index is 0.0340. The molecule has 106 valence electrons. The first-order chi connectivity index (χ1) is 9.12. The lowest BCUT2D eigenvalue weighted by atomic mass is 10.1. The van der Waals surface area contributed by atoms with E-state index in [2.05, 4.69) is 29.5 Å². The van der Waals surface area contributed by atoms with Gasteiger partial charge in [0.25, 0.3) is 5.91 Å². The van der Waals surface area contributed by atoms with Gasteiger partial charge in [0.05, 0.1) is 0 Å². The maximum Gasteiger partial charge on any atom is 0.251 e. The number of amides is 1. The van der Waals surface area contributed by atoms with Crippen molar-refractivity contribution in [2.45, 2.75) is 20.8 Å². The molecule has 1 rings (SSSR count). The molecule has 0 heterocycles. The third-order valence-corrected chi connectivity index (χ3v) is 3.25. The highest BCUT2D eigenvalue weighted by atomic mass is 16.1. The van der Waals surface area contributed by atoms with Crippen LogP contribution in [0.25, 0.3) is 0 Å². The summed E-state index contributed by atoms with van der Waals surface area (Å²) >= 11 is 0. The second kappa shape index (κ2) is 7.76. The average Bonchev–Trinajstić information content (AvgIpc) is 2.43. The van der Waals surface area contributed by atoms with E-state index in [1.165, 1.54) is 0 Å². The van der Waals surface area contributed by atoms with Gasteiger partial charge in [-0.15, -0.1) is 0 Å². The van der Waals surface area contributed by atoms with Gasteiger partial charge in [-0.05, 0) is 43.8 Å². The predicted octanol–water partition coefficient (Wildman–Crippen LogP) is 1.35. The number of nitrogens with zero attached hydrogens (tertiary/aromatic N) is 1. The number of nitrogens with one attached hydrogen (secondary N) is 2. The fourth-order valence-corrected chi connectivity index (χ4v) is 1.97. The molecule has 5 heteroatoms. The number of carbonyl (C=O) groups is 1. The molecule has 1 aromatic rings. The molecule has 5 nitrogen and oxygen atoms in total. The van der Waals surface area contributed by atoms with Crippen molar-refractivity contribution in [3.05, 3.63) is 29.3 Å². The molecule has 1 aromatic carbocycles. The summed E-state index contributed by atoms with van der Waals surface area (Å²) in [5.41, 5.74) is 4.98. The Kier molecular flexibility index (Phi) is 6.32. The van der Waals surface area contributed by atoms with Crippen molar-refractivity contribution in [3.63, 3.8) is 0 Å². The molecule has 0 aliphatic rings. The Balaban J connectivity index is 2.54. The van der Waals surface area contributed by atoms with E-state index in [-0.39, 0.29) is 5.91 Å². The first-order valence-electron chi connectivity index (χ1n) is 6.70. The summed E-state index contributed by atoms with van der Waals surface area (Å²) in [6.07, 6.45) is 0. The van der Waals surface area contributed by atoms with Crippen LogP contribution in [-0.4, -0.2) is 37.0 Å². The molecule has 1 amide bonds. The molecule has 0 unspecified atom stereocenters. The van der Waals surface area contributed by atoms with Crippen molar-refractivity contribution in [2.75, 3.05) is 31.6 Å². The lowest BCUT2D eigenvalue weighted by molar-refractivity contribution is 0.0948. The van der Waals surface area contributed by atoms with Crippen LogP contribution in [0.4, 0.5) is 5.69 Å². The Hall–Kier alpha value is -1.59. The number of likely N-dealkylation sites (N-methyl/N-ethyl adjacent to an activating group) is 1. The third-order valence-electron chi connectivity index (χ3n) is 3.25. The zero-order valence-electron chi connectivity index (χ0n) is 12.0. The molecule has 0 saturated heterocycles. The lowest BCUT2D eigenvalue weighted by Crippen LogP contribution is -2.35. The number of benzene rings is 1. The average molecular weight is 264 g/mol. The second-order valence-electron chi connectivity index (χ2n) is 4.46. The standard InChI is InChI=1S/C14H24N4O/c1-4-18(5-2)9-8-16-14(19)13-7-6-12(17-15)10-11(13)3/h6-7,10,17H,4-5,8-9,15H2,1-3H3,(H,16,19). The molecule has 0 bridgehead atoms. The number of hydrazine groups is 1. The van der Waals surface area contributed by atoms with Crippen molar-refractivity contribution in [2.24, 2.45) is 5.84 Å². The van der Waals surface area contributed by atoms with Crippen LogP contribution in [-0.2, 0) is 0 Å². The maximum atomic E-state index is 12.0. The van der Waals surface area contributed by atoms with Gasteiger partial charge in [0.1, 0.15) is 0 Å². The largest absolute Gasteiger partial charge is 0.351 e. The number of nitrogen functional groups attached to an aromatic ring is 1. The smallest absolute Gasteiger partial charge is 0.251 e. The highest BCUT2D eigenvalue weighted by Gasteiger charge is 2.09. The van der Waals surface area contributed by atoms with Crippen LogP contribution >= 0.6 is 0 Å². The highest BCUT2D eigenvalue weighted by molar-refractivity contribution is 5.96. The van der Waals surface area contributed by atoms with Crippen LogP contribution < -0.4 is 16.6 Å². The fraction of sp³-hybridized carbons (Fsp3) is 0.500. The van der Waals surface area contributed by atoms with Crippen LogP contribution in [0.1, 0.15) is 29.8 Å². The topological polar surface area (TPSA) is 70.4 Å². The zero-order chi connectivity index (χ0) is 14.3. The van der Waals surface area contributed by atoms with Gasteiger partial charge in [0, 0.05) is 24.3 Å². The van der Waals surface area contributed by atoms with Crippen LogP contribution in [0.2, 0.25) is 0 Å². The van der Waals surface area contributed by atoms with Crippen LogP contribution in [0.5, 0.6) is 0 Å². The summed E-state index contributed by atoms with van der Waals surface area (Å²) < 4.78 is 0. The van der Waals surface area contributed by atoms with E-state index < -0.39 is 0 Å². The van der Waals surface area contributed by atoms with Gasteiger partial charge in [-0.25, -0.2) is 0 Å². The molecule has 0 saturated carbocycles. The van der Waals surface area contributed by atoms with Crippen molar-refractivity contribution in [1.82, 2.24) is 10.2 Å². The van der Waals surface area contributed by atoms with E-state index in [1.807, 2.05) is 13.0 Å². The Morgan fingerprint density at radius 3 is 2.53 bits per heavy atom. The van der Waals surface area contributed by atoms with Crippen molar-refractivity contribution < 1.29 is 4.79 Å². The molecular formula is C14H24N4O. The SMILES string of the molecule is CCN(CC)CCNC(=O)c1ccc(NN)cc1C. The number of nitrogens with two attached hydrogens (primary N) is 1. The second-order valence-corrected chi connectivity index (χ2v) is 4.46. The normalized spacial score (nSPS) is 10.6. The number of anilines is 1. The Labute approximate surface area is 115 Å².